The van der Waals surface area contributed by atoms with Gasteiger partial charge < -0.3 is 24.7 Å². The van der Waals surface area contributed by atoms with Crippen molar-refractivity contribution >= 4 is 29.1 Å². The number of amides is 1. The van der Waals surface area contributed by atoms with Gasteiger partial charge in [-0.05, 0) is 50.6 Å². The molecule has 1 saturated heterocycles. The SMILES string of the molecule is COc1cc(Cc2cnc(/N=C3\C(=O)N(CN4C(C)COCC4C)c4ccc(C)cc43)nc2N)cc(OC)c1OC. The standard InChI is InChI=1S/C30H36N6O5/c1-17-7-8-23-22(9-17)26(29(37)36(23)16-35-18(2)14-41-15-19(35)3)33-30-32-13-21(28(31)34-30)10-20-11-24(38-4)27(40-6)25(12-20)39-5/h7-9,11-13,18-19H,10,14-16H2,1-6H3,(H2,31,32,34)/b33-26-. The van der Waals surface area contributed by atoms with E-state index in [4.69, 9.17) is 24.7 Å². The first kappa shape index (κ1) is 28.3. The van der Waals surface area contributed by atoms with Gasteiger partial charge in [0.05, 0.1) is 46.9 Å². The van der Waals surface area contributed by atoms with E-state index in [-0.39, 0.29) is 29.8 Å². The minimum absolute atomic E-state index is 0.127. The summed E-state index contributed by atoms with van der Waals surface area (Å²) in [6, 6.07) is 10.0. The number of ether oxygens (including phenoxy) is 4. The van der Waals surface area contributed by atoms with Crippen molar-refractivity contribution < 1.29 is 23.7 Å². The number of nitrogen functional groups attached to an aromatic ring is 1. The molecular weight excluding hydrogens is 524 g/mol. The number of carbonyl (C=O) groups excluding carboxylic acids is 1. The fraction of sp³-hybridized carbons (Fsp3) is 0.400. The van der Waals surface area contributed by atoms with E-state index in [0.717, 1.165) is 22.4 Å². The molecule has 1 aromatic heterocycles. The molecule has 0 saturated carbocycles. The molecule has 2 atom stereocenters. The summed E-state index contributed by atoms with van der Waals surface area (Å²) in [5.41, 5.74) is 10.8. The van der Waals surface area contributed by atoms with Gasteiger partial charge in [-0.1, -0.05) is 11.6 Å². The summed E-state index contributed by atoms with van der Waals surface area (Å²) in [7, 11) is 4.70. The van der Waals surface area contributed by atoms with Crippen molar-refractivity contribution in [1.82, 2.24) is 14.9 Å². The summed E-state index contributed by atoms with van der Waals surface area (Å²) < 4.78 is 22.0. The first-order chi connectivity index (χ1) is 19.7. The Bertz CT molecular complexity index is 1460. The first-order valence-corrected chi connectivity index (χ1v) is 13.5. The van der Waals surface area contributed by atoms with Gasteiger partial charge in [0.1, 0.15) is 11.5 Å². The number of methoxy groups -OCH3 is 3. The van der Waals surface area contributed by atoms with Crippen LogP contribution in [-0.4, -0.2) is 79.8 Å². The van der Waals surface area contributed by atoms with Crippen LogP contribution in [0.2, 0.25) is 0 Å². The maximum atomic E-state index is 13.7. The van der Waals surface area contributed by atoms with Gasteiger partial charge in [-0.25, -0.2) is 9.98 Å². The second kappa shape index (κ2) is 11.7. The molecule has 1 fully saturated rings. The molecule has 2 unspecified atom stereocenters. The van der Waals surface area contributed by atoms with Crippen LogP contribution in [0, 0.1) is 6.92 Å². The number of hydrogen-bond acceptors (Lipinski definition) is 10. The molecule has 2 aromatic carbocycles. The molecule has 41 heavy (non-hydrogen) atoms. The topological polar surface area (TPSA) is 125 Å². The minimum Gasteiger partial charge on any atom is -0.493 e. The molecule has 5 rings (SSSR count). The van der Waals surface area contributed by atoms with Crippen LogP contribution in [-0.2, 0) is 16.0 Å². The number of fused-ring (bicyclic) bond motifs is 1. The zero-order valence-corrected chi connectivity index (χ0v) is 24.3. The average Bonchev–Trinajstić information content (AvgIpc) is 3.20. The Morgan fingerprint density at radius 2 is 1.73 bits per heavy atom. The second-order valence-electron chi connectivity index (χ2n) is 10.4. The minimum atomic E-state index is -0.194. The molecule has 0 bridgehead atoms. The van der Waals surface area contributed by atoms with E-state index in [9.17, 15) is 4.79 Å². The molecular formula is C30H36N6O5. The number of aryl methyl sites for hydroxylation is 1. The zero-order chi connectivity index (χ0) is 29.3. The van der Waals surface area contributed by atoms with E-state index >= 15 is 0 Å². The van der Waals surface area contributed by atoms with E-state index in [2.05, 4.69) is 33.7 Å². The van der Waals surface area contributed by atoms with Crippen LogP contribution in [0.3, 0.4) is 0 Å². The lowest BCUT2D eigenvalue weighted by atomic mass is 10.1. The fourth-order valence-corrected chi connectivity index (χ4v) is 5.31. The Labute approximate surface area is 239 Å². The van der Waals surface area contributed by atoms with E-state index in [1.807, 2.05) is 37.3 Å². The number of hydrogen-bond donors (Lipinski definition) is 1. The van der Waals surface area contributed by atoms with Crippen LogP contribution in [0.5, 0.6) is 17.2 Å². The Kier molecular flexibility index (Phi) is 8.09. The Balaban J connectivity index is 1.44. The van der Waals surface area contributed by atoms with Crippen LogP contribution in [0.4, 0.5) is 17.5 Å². The number of rotatable bonds is 8. The largest absolute Gasteiger partial charge is 0.493 e. The lowest BCUT2D eigenvalue weighted by Crippen LogP contribution is -2.54. The normalized spacial score (nSPS) is 19.9. The van der Waals surface area contributed by atoms with E-state index < -0.39 is 0 Å². The molecule has 3 heterocycles. The van der Waals surface area contributed by atoms with Crippen LogP contribution >= 0.6 is 0 Å². The van der Waals surface area contributed by atoms with Crippen LogP contribution in [0.1, 0.15) is 36.1 Å². The molecule has 216 valence electrons. The number of morpholine rings is 1. The van der Waals surface area contributed by atoms with Crippen molar-refractivity contribution in [2.75, 3.05) is 51.8 Å². The third kappa shape index (κ3) is 5.55. The molecule has 0 aliphatic carbocycles. The number of aromatic nitrogens is 2. The van der Waals surface area contributed by atoms with Crippen molar-refractivity contribution in [2.24, 2.45) is 4.99 Å². The molecule has 2 N–H and O–H groups in total. The van der Waals surface area contributed by atoms with Gasteiger partial charge in [-0.3, -0.25) is 14.6 Å². The number of benzene rings is 2. The molecule has 11 nitrogen and oxygen atoms in total. The number of carbonyl (C=O) groups is 1. The predicted octanol–water partition coefficient (Wildman–Crippen LogP) is 3.52. The number of nitrogens with zero attached hydrogens (tertiary/aromatic N) is 5. The van der Waals surface area contributed by atoms with Gasteiger partial charge in [0.15, 0.2) is 11.5 Å². The quantitative estimate of drug-likeness (QED) is 0.441. The van der Waals surface area contributed by atoms with E-state index in [1.165, 1.54) is 0 Å². The number of nitrogens with two attached hydrogens (primary N) is 1. The van der Waals surface area contributed by atoms with Crippen LogP contribution < -0.4 is 24.8 Å². The third-order valence-electron chi connectivity index (χ3n) is 7.52. The maximum absolute atomic E-state index is 13.7. The van der Waals surface area contributed by atoms with Crippen molar-refractivity contribution in [3.8, 4) is 17.2 Å². The Morgan fingerprint density at radius 1 is 1.05 bits per heavy atom. The van der Waals surface area contributed by atoms with Crippen LogP contribution in [0.25, 0.3) is 0 Å². The molecule has 3 aromatic rings. The molecule has 0 radical (unpaired) electrons. The lowest BCUT2D eigenvalue weighted by molar-refractivity contribution is -0.113. The number of anilines is 2. The predicted molar refractivity (Wildman–Crippen MR) is 157 cm³/mol. The maximum Gasteiger partial charge on any atom is 0.278 e. The summed E-state index contributed by atoms with van der Waals surface area (Å²) in [5, 5.41) is 0. The summed E-state index contributed by atoms with van der Waals surface area (Å²) in [6.45, 7) is 7.91. The summed E-state index contributed by atoms with van der Waals surface area (Å²) in [5.74, 6) is 1.81. The van der Waals surface area contributed by atoms with E-state index in [1.54, 1.807) is 32.4 Å². The lowest BCUT2D eigenvalue weighted by Gasteiger charge is -2.40. The highest BCUT2D eigenvalue weighted by Crippen LogP contribution is 2.39. The van der Waals surface area contributed by atoms with Crippen molar-refractivity contribution in [3.05, 3.63) is 58.8 Å². The van der Waals surface area contributed by atoms with Gasteiger partial charge in [-0.2, -0.15) is 4.98 Å². The molecule has 2 aliphatic rings. The van der Waals surface area contributed by atoms with Gasteiger partial charge in [0, 0.05) is 35.8 Å². The summed E-state index contributed by atoms with van der Waals surface area (Å²) >= 11 is 0. The summed E-state index contributed by atoms with van der Waals surface area (Å²) in [4.78, 5) is 31.3. The van der Waals surface area contributed by atoms with Crippen molar-refractivity contribution in [3.63, 3.8) is 0 Å². The Hall–Kier alpha value is -4.22. The highest BCUT2D eigenvalue weighted by atomic mass is 16.5. The third-order valence-corrected chi connectivity index (χ3v) is 7.52. The van der Waals surface area contributed by atoms with Gasteiger partial charge >= 0.3 is 0 Å². The first-order valence-electron chi connectivity index (χ1n) is 13.5. The second-order valence-corrected chi connectivity index (χ2v) is 10.4. The van der Waals surface area contributed by atoms with Crippen LogP contribution in [0.15, 0.2) is 41.5 Å². The Morgan fingerprint density at radius 3 is 2.34 bits per heavy atom. The monoisotopic (exact) mass is 560 g/mol. The molecule has 0 spiro atoms. The van der Waals surface area contributed by atoms with E-state index in [0.29, 0.717) is 54.8 Å². The number of aliphatic imine (C=N–C) groups is 1. The van der Waals surface area contributed by atoms with Gasteiger partial charge in [-0.15, -0.1) is 0 Å². The molecule has 11 heteroatoms. The van der Waals surface area contributed by atoms with Gasteiger partial charge in [0.2, 0.25) is 5.75 Å². The van der Waals surface area contributed by atoms with Gasteiger partial charge in [0.25, 0.3) is 11.9 Å². The highest BCUT2D eigenvalue weighted by Gasteiger charge is 2.37. The molecule has 2 aliphatic heterocycles. The fourth-order valence-electron chi connectivity index (χ4n) is 5.31. The van der Waals surface area contributed by atoms with Crippen molar-refractivity contribution in [1.29, 1.82) is 0 Å². The highest BCUT2D eigenvalue weighted by molar-refractivity contribution is 6.54. The zero-order valence-electron chi connectivity index (χ0n) is 24.3. The smallest absolute Gasteiger partial charge is 0.278 e. The average molecular weight is 561 g/mol. The summed E-state index contributed by atoms with van der Waals surface area (Å²) in [6.07, 6.45) is 2.07. The molecule has 1 amide bonds. The van der Waals surface area contributed by atoms with Crippen molar-refractivity contribution in [2.45, 2.75) is 39.3 Å².